The molecule has 3 heterocycles. The average Bonchev–Trinajstić information content (AvgIpc) is 3.23. The van der Waals surface area contributed by atoms with E-state index in [1.54, 1.807) is 6.92 Å². The topological polar surface area (TPSA) is 102 Å². The molecule has 0 radical (unpaired) electrons. The molecule has 0 atom stereocenters. The van der Waals surface area contributed by atoms with Crippen molar-refractivity contribution >= 4 is 34.1 Å². The molecule has 9 nitrogen and oxygen atoms in total. The first-order chi connectivity index (χ1) is 13.3. The van der Waals surface area contributed by atoms with Crippen LogP contribution in [0.3, 0.4) is 0 Å². The standard InChI is InChI=1S/C16H12ClF2N5O4/c1-2-23(8-3-4-10-11(5-8)28-16(18,19)27-10)12(25)7-24-15(26)13-9(6-20-21-13)14(17)22-24/h3-6H,2,7H2,1H3,(H,20,21). The summed E-state index contributed by atoms with van der Waals surface area (Å²) in [6.45, 7) is 1.49. The van der Waals surface area contributed by atoms with Crippen molar-refractivity contribution in [3.05, 3.63) is 39.9 Å². The van der Waals surface area contributed by atoms with Gasteiger partial charge < -0.3 is 14.4 Å². The molecule has 1 aliphatic heterocycles. The fourth-order valence-electron chi connectivity index (χ4n) is 2.87. The van der Waals surface area contributed by atoms with Crippen molar-refractivity contribution in [2.75, 3.05) is 11.4 Å². The third-order valence-electron chi connectivity index (χ3n) is 4.12. The van der Waals surface area contributed by atoms with Gasteiger partial charge in [-0.2, -0.15) is 10.2 Å². The number of fused-ring (bicyclic) bond motifs is 2. The van der Waals surface area contributed by atoms with Gasteiger partial charge in [-0.05, 0) is 19.1 Å². The van der Waals surface area contributed by atoms with Crippen molar-refractivity contribution in [2.45, 2.75) is 19.8 Å². The highest BCUT2D eigenvalue weighted by Crippen LogP contribution is 2.42. The predicted octanol–water partition coefficient (Wildman–Crippen LogP) is 2.15. The van der Waals surface area contributed by atoms with E-state index < -0.39 is 24.3 Å². The number of halogens is 3. The lowest BCUT2D eigenvalue weighted by atomic mass is 10.2. The minimum atomic E-state index is -3.75. The van der Waals surface area contributed by atoms with Gasteiger partial charge in [0.25, 0.3) is 5.56 Å². The first kappa shape index (κ1) is 18.2. The number of nitrogens with one attached hydrogen (secondary N) is 1. The highest BCUT2D eigenvalue weighted by atomic mass is 35.5. The van der Waals surface area contributed by atoms with E-state index in [9.17, 15) is 18.4 Å². The van der Waals surface area contributed by atoms with Gasteiger partial charge in [-0.3, -0.25) is 14.7 Å². The Labute approximate surface area is 160 Å². The predicted molar refractivity (Wildman–Crippen MR) is 93.8 cm³/mol. The number of alkyl halides is 2. The van der Waals surface area contributed by atoms with Crippen LogP contribution in [0.25, 0.3) is 10.9 Å². The largest absolute Gasteiger partial charge is 0.586 e. The number of carbonyl (C=O) groups excluding carboxylic acids is 1. The van der Waals surface area contributed by atoms with Crippen LogP contribution in [0.1, 0.15) is 6.92 Å². The molecular weight excluding hydrogens is 400 g/mol. The summed E-state index contributed by atoms with van der Waals surface area (Å²) in [4.78, 5) is 26.5. The molecule has 0 saturated carbocycles. The smallest absolute Gasteiger partial charge is 0.395 e. The zero-order valence-electron chi connectivity index (χ0n) is 14.3. The van der Waals surface area contributed by atoms with Crippen LogP contribution in [0.2, 0.25) is 5.15 Å². The molecule has 1 amide bonds. The second kappa shape index (κ2) is 6.44. The van der Waals surface area contributed by atoms with Gasteiger partial charge in [0, 0.05) is 18.3 Å². The van der Waals surface area contributed by atoms with E-state index in [4.69, 9.17) is 11.6 Å². The molecule has 0 unspecified atom stereocenters. The summed E-state index contributed by atoms with van der Waals surface area (Å²) < 4.78 is 36.0. The van der Waals surface area contributed by atoms with Gasteiger partial charge in [0.15, 0.2) is 16.7 Å². The molecule has 2 aromatic heterocycles. The molecule has 0 aliphatic carbocycles. The molecule has 0 spiro atoms. The van der Waals surface area contributed by atoms with Gasteiger partial charge in [0.1, 0.15) is 12.1 Å². The zero-order chi connectivity index (χ0) is 20.1. The SMILES string of the molecule is CCN(C(=O)Cn1nc(Cl)c2cn[nH]c2c1=O)c1ccc2c(c1)OC(F)(F)O2. The monoisotopic (exact) mass is 411 g/mol. The number of hydrogen-bond acceptors (Lipinski definition) is 6. The minimum absolute atomic E-state index is 0.0181. The first-order valence-electron chi connectivity index (χ1n) is 8.09. The summed E-state index contributed by atoms with van der Waals surface area (Å²) in [5.41, 5.74) is -0.137. The van der Waals surface area contributed by atoms with Crippen molar-refractivity contribution < 1.29 is 23.0 Å². The lowest BCUT2D eigenvalue weighted by Crippen LogP contribution is -2.37. The number of benzene rings is 1. The molecule has 12 heteroatoms. The lowest BCUT2D eigenvalue weighted by Gasteiger charge is -2.21. The van der Waals surface area contributed by atoms with Crippen LogP contribution in [0.4, 0.5) is 14.5 Å². The fourth-order valence-corrected chi connectivity index (χ4v) is 3.10. The van der Waals surface area contributed by atoms with Crippen LogP contribution in [0.15, 0.2) is 29.2 Å². The summed E-state index contributed by atoms with van der Waals surface area (Å²) in [5.74, 6) is -0.824. The highest BCUT2D eigenvalue weighted by molar-refractivity contribution is 6.33. The van der Waals surface area contributed by atoms with Crippen LogP contribution >= 0.6 is 11.6 Å². The number of likely N-dealkylation sites (N-methyl/N-ethyl adjacent to an activating group) is 1. The number of ether oxygens (including phenoxy) is 2. The van der Waals surface area contributed by atoms with Gasteiger partial charge in [0.05, 0.1) is 11.6 Å². The fraction of sp³-hybridized carbons (Fsp3) is 0.250. The van der Waals surface area contributed by atoms with E-state index >= 15 is 0 Å². The Morgan fingerprint density at radius 1 is 1.36 bits per heavy atom. The molecule has 1 aromatic carbocycles. The second-order valence-corrected chi connectivity index (χ2v) is 6.21. The number of nitrogens with zero attached hydrogens (tertiary/aromatic N) is 4. The normalized spacial score (nSPS) is 14.4. The summed E-state index contributed by atoms with van der Waals surface area (Å²) >= 11 is 6.02. The number of H-pyrrole nitrogens is 1. The maximum atomic E-state index is 13.2. The van der Waals surface area contributed by atoms with Crippen molar-refractivity contribution in [3.63, 3.8) is 0 Å². The van der Waals surface area contributed by atoms with E-state index in [0.29, 0.717) is 11.1 Å². The van der Waals surface area contributed by atoms with Gasteiger partial charge in [0.2, 0.25) is 5.91 Å². The van der Waals surface area contributed by atoms with E-state index in [1.165, 1.54) is 29.3 Å². The number of anilines is 1. The van der Waals surface area contributed by atoms with Crippen LogP contribution in [-0.2, 0) is 11.3 Å². The zero-order valence-corrected chi connectivity index (χ0v) is 15.0. The quantitative estimate of drug-likeness (QED) is 0.705. The number of aromatic amines is 1. The number of aromatic nitrogens is 4. The number of hydrogen-bond donors (Lipinski definition) is 1. The maximum Gasteiger partial charge on any atom is 0.586 e. The molecule has 0 saturated heterocycles. The van der Waals surface area contributed by atoms with E-state index in [0.717, 1.165) is 4.68 Å². The Morgan fingerprint density at radius 2 is 2.11 bits per heavy atom. The maximum absolute atomic E-state index is 13.2. The minimum Gasteiger partial charge on any atom is -0.395 e. The van der Waals surface area contributed by atoms with E-state index in [2.05, 4.69) is 24.8 Å². The summed E-state index contributed by atoms with van der Waals surface area (Å²) in [6, 6.07) is 3.98. The third-order valence-corrected chi connectivity index (χ3v) is 4.40. The molecule has 3 aromatic rings. The number of carbonyl (C=O) groups is 1. The molecule has 0 fully saturated rings. The molecular formula is C16H12ClF2N5O4. The van der Waals surface area contributed by atoms with Crippen LogP contribution in [0, 0.1) is 0 Å². The second-order valence-electron chi connectivity index (χ2n) is 5.85. The number of rotatable bonds is 4. The Balaban J connectivity index is 1.63. The van der Waals surface area contributed by atoms with Crippen LogP contribution < -0.4 is 19.9 Å². The van der Waals surface area contributed by atoms with E-state index in [-0.39, 0.29) is 28.7 Å². The van der Waals surface area contributed by atoms with Gasteiger partial charge in [-0.1, -0.05) is 11.6 Å². The Bertz CT molecular complexity index is 1150. The van der Waals surface area contributed by atoms with Crippen molar-refractivity contribution in [2.24, 2.45) is 0 Å². The average molecular weight is 412 g/mol. The van der Waals surface area contributed by atoms with Crippen molar-refractivity contribution in [3.8, 4) is 11.5 Å². The first-order valence-corrected chi connectivity index (χ1v) is 8.47. The summed E-state index contributed by atoms with van der Waals surface area (Å²) in [7, 11) is 0. The van der Waals surface area contributed by atoms with Crippen LogP contribution in [0.5, 0.6) is 11.5 Å². The highest BCUT2D eigenvalue weighted by Gasteiger charge is 2.43. The van der Waals surface area contributed by atoms with Gasteiger partial charge >= 0.3 is 6.29 Å². The lowest BCUT2D eigenvalue weighted by molar-refractivity contribution is -0.286. The summed E-state index contributed by atoms with van der Waals surface area (Å²) in [5, 5.41) is 10.5. The van der Waals surface area contributed by atoms with Crippen LogP contribution in [-0.4, -0.2) is 38.7 Å². The Kier molecular flexibility index (Phi) is 4.18. The molecule has 1 aliphatic rings. The Hall–Kier alpha value is -3.21. The van der Waals surface area contributed by atoms with Gasteiger partial charge in [-0.15, -0.1) is 8.78 Å². The molecule has 1 N–H and O–H groups in total. The van der Waals surface area contributed by atoms with E-state index in [1.807, 2.05) is 0 Å². The summed E-state index contributed by atoms with van der Waals surface area (Å²) in [6.07, 6.45) is -2.39. The molecule has 4 rings (SSSR count). The molecule has 0 bridgehead atoms. The Morgan fingerprint density at radius 3 is 2.86 bits per heavy atom. The molecule has 28 heavy (non-hydrogen) atoms. The number of amides is 1. The van der Waals surface area contributed by atoms with Gasteiger partial charge in [-0.25, -0.2) is 4.68 Å². The third kappa shape index (κ3) is 3.03. The van der Waals surface area contributed by atoms with Crippen molar-refractivity contribution in [1.82, 2.24) is 20.0 Å². The molecule has 146 valence electrons. The van der Waals surface area contributed by atoms with Crippen molar-refractivity contribution in [1.29, 1.82) is 0 Å².